The second-order valence-corrected chi connectivity index (χ2v) is 9.15. The molecule has 184 valence electrons. The fourth-order valence-corrected chi connectivity index (χ4v) is 4.87. The second-order valence-electron chi connectivity index (χ2n) is 8.10. The predicted molar refractivity (Wildman–Crippen MR) is 135 cm³/mol. The topological polar surface area (TPSA) is 160 Å². The summed E-state index contributed by atoms with van der Waals surface area (Å²) in [4.78, 5) is 49.8. The minimum atomic E-state index is -0.465. The molecule has 3 aromatic rings. The maximum Gasteiger partial charge on any atom is 0.258 e. The molecule has 35 heavy (non-hydrogen) atoms. The molecule has 1 fully saturated rings. The first-order valence-electron chi connectivity index (χ1n) is 11.3. The fourth-order valence-electron chi connectivity index (χ4n) is 3.89. The number of anilines is 1. The Morgan fingerprint density at radius 1 is 0.971 bits per heavy atom. The van der Waals surface area contributed by atoms with Crippen LogP contribution in [-0.4, -0.2) is 84.9 Å². The maximum atomic E-state index is 12.6. The zero-order valence-corrected chi connectivity index (χ0v) is 20.0. The smallest absolute Gasteiger partial charge is 0.258 e. The number of amides is 3. The highest BCUT2D eigenvalue weighted by Gasteiger charge is 2.22. The van der Waals surface area contributed by atoms with Crippen molar-refractivity contribution in [2.75, 3.05) is 57.3 Å². The lowest BCUT2D eigenvalue weighted by molar-refractivity contribution is 0.0946. The van der Waals surface area contributed by atoms with Crippen molar-refractivity contribution in [3.8, 4) is 0 Å². The number of carbonyl (C=O) groups is 3. The Morgan fingerprint density at radius 3 is 2.31 bits per heavy atom. The number of thiophene rings is 1. The Labute approximate surface area is 206 Å². The van der Waals surface area contributed by atoms with E-state index >= 15 is 0 Å². The summed E-state index contributed by atoms with van der Waals surface area (Å²) in [6.07, 6.45) is 1.51. The van der Waals surface area contributed by atoms with Crippen LogP contribution in [0.5, 0.6) is 0 Å². The molecule has 3 heterocycles. The molecule has 12 heteroatoms. The Bertz CT molecular complexity index is 1220. The third-order valence-corrected chi connectivity index (χ3v) is 6.87. The van der Waals surface area contributed by atoms with E-state index in [1.54, 1.807) is 30.3 Å². The number of hydrogen-bond acceptors (Lipinski definition) is 9. The van der Waals surface area contributed by atoms with Gasteiger partial charge in [0, 0.05) is 63.5 Å². The largest absolute Gasteiger partial charge is 0.365 e. The van der Waals surface area contributed by atoms with E-state index in [1.165, 1.54) is 17.7 Å². The first kappa shape index (κ1) is 24.5. The minimum Gasteiger partial charge on any atom is -0.365 e. The lowest BCUT2D eigenvalue weighted by atomic mass is 10.1. The Kier molecular flexibility index (Phi) is 7.85. The minimum absolute atomic E-state index is 0.219. The number of nitrogens with two attached hydrogens (primary N) is 2. The Morgan fingerprint density at radius 2 is 1.66 bits per heavy atom. The second kappa shape index (κ2) is 11.2. The summed E-state index contributed by atoms with van der Waals surface area (Å²) in [6, 6.07) is 8.32. The van der Waals surface area contributed by atoms with Crippen LogP contribution in [0.1, 0.15) is 30.4 Å². The molecule has 0 spiro atoms. The molecule has 1 aliphatic rings. The van der Waals surface area contributed by atoms with Crippen LogP contribution < -0.4 is 27.0 Å². The van der Waals surface area contributed by atoms with Crippen LogP contribution in [-0.2, 0) is 0 Å². The van der Waals surface area contributed by atoms with Crippen LogP contribution in [0.2, 0.25) is 0 Å². The van der Waals surface area contributed by atoms with E-state index in [9.17, 15) is 14.4 Å². The fraction of sp³-hybridized carbons (Fsp3) is 0.348. The highest BCUT2D eigenvalue weighted by Crippen LogP contribution is 2.31. The number of fused-ring (bicyclic) bond motifs is 1. The molecule has 0 saturated carbocycles. The monoisotopic (exact) mass is 496 g/mol. The third kappa shape index (κ3) is 5.91. The van der Waals surface area contributed by atoms with Gasteiger partial charge in [-0.25, -0.2) is 9.97 Å². The van der Waals surface area contributed by atoms with Gasteiger partial charge in [0.25, 0.3) is 17.7 Å². The van der Waals surface area contributed by atoms with Crippen LogP contribution in [0.3, 0.4) is 0 Å². The highest BCUT2D eigenvalue weighted by molar-refractivity contribution is 7.21. The van der Waals surface area contributed by atoms with Gasteiger partial charge in [-0.2, -0.15) is 0 Å². The molecule has 1 aliphatic heterocycles. The molecule has 11 nitrogen and oxygen atoms in total. The molecule has 6 N–H and O–H groups in total. The van der Waals surface area contributed by atoms with Crippen molar-refractivity contribution in [1.82, 2.24) is 25.5 Å². The number of primary amides is 1. The van der Waals surface area contributed by atoms with Gasteiger partial charge < -0.3 is 27.0 Å². The number of piperazine rings is 1. The summed E-state index contributed by atoms with van der Waals surface area (Å²) in [5.41, 5.74) is 12.4. The van der Waals surface area contributed by atoms with Gasteiger partial charge in [0.05, 0.1) is 15.1 Å². The molecule has 0 atom stereocenters. The summed E-state index contributed by atoms with van der Waals surface area (Å²) in [7, 11) is 0. The van der Waals surface area contributed by atoms with E-state index < -0.39 is 5.91 Å². The normalized spacial score (nSPS) is 14.1. The molecular weight excluding hydrogens is 468 g/mol. The number of carbonyl (C=O) groups excluding carboxylic acids is 3. The van der Waals surface area contributed by atoms with Gasteiger partial charge >= 0.3 is 0 Å². The maximum absolute atomic E-state index is 12.6. The third-order valence-electron chi connectivity index (χ3n) is 5.74. The van der Waals surface area contributed by atoms with Crippen molar-refractivity contribution >= 4 is 45.1 Å². The van der Waals surface area contributed by atoms with E-state index in [-0.39, 0.29) is 11.8 Å². The number of rotatable bonds is 9. The molecule has 0 radical (unpaired) electrons. The summed E-state index contributed by atoms with van der Waals surface area (Å²) in [5.74, 6) is -0.121. The average Bonchev–Trinajstić information content (AvgIpc) is 3.33. The van der Waals surface area contributed by atoms with Crippen LogP contribution in [0, 0.1) is 0 Å². The quantitative estimate of drug-likeness (QED) is 0.323. The Balaban J connectivity index is 1.27. The van der Waals surface area contributed by atoms with Crippen molar-refractivity contribution in [2.45, 2.75) is 0 Å². The number of aromatic nitrogens is 2. The van der Waals surface area contributed by atoms with Crippen molar-refractivity contribution in [3.63, 3.8) is 0 Å². The molecule has 4 rings (SSSR count). The van der Waals surface area contributed by atoms with E-state index in [4.69, 9.17) is 11.5 Å². The standard InChI is InChI=1S/C23H28N8O3S/c24-4-5-26-22(33)15-2-1-3-16(12-15)23(34)27-6-7-30-8-10-31(11-9-30)21-19-17(28-14-29-21)13-18(35-19)20(25)32/h1-3,12-14H,4-11,24H2,(H2,25,32)(H,26,33)(H,27,34). The van der Waals surface area contributed by atoms with Crippen LogP contribution in [0.4, 0.5) is 5.82 Å². The molecule has 0 bridgehead atoms. The molecule has 1 aromatic carbocycles. The van der Waals surface area contributed by atoms with Crippen molar-refractivity contribution in [1.29, 1.82) is 0 Å². The highest BCUT2D eigenvalue weighted by atomic mass is 32.1. The van der Waals surface area contributed by atoms with E-state index in [1.807, 2.05) is 0 Å². The van der Waals surface area contributed by atoms with Gasteiger partial charge in [-0.15, -0.1) is 11.3 Å². The number of nitrogens with one attached hydrogen (secondary N) is 2. The van der Waals surface area contributed by atoms with Crippen molar-refractivity contribution in [2.24, 2.45) is 11.5 Å². The van der Waals surface area contributed by atoms with Crippen molar-refractivity contribution < 1.29 is 14.4 Å². The number of benzene rings is 1. The molecule has 3 amide bonds. The molecule has 0 unspecified atom stereocenters. The van der Waals surface area contributed by atoms with Gasteiger partial charge in [0.1, 0.15) is 12.1 Å². The van der Waals surface area contributed by atoms with Gasteiger partial charge in [0.2, 0.25) is 0 Å². The lowest BCUT2D eigenvalue weighted by Gasteiger charge is -2.35. The van der Waals surface area contributed by atoms with E-state index in [0.29, 0.717) is 42.2 Å². The van der Waals surface area contributed by atoms with E-state index in [2.05, 4.69) is 30.4 Å². The van der Waals surface area contributed by atoms with Crippen molar-refractivity contribution in [3.05, 3.63) is 52.7 Å². The molecule has 0 aliphatic carbocycles. The first-order chi connectivity index (χ1) is 17.0. The summed E-state index contributed by atoms with van der Waals surface area (Å²) in [5, 5.41) is 5.63. The van der Waals surface area contributed by atoms with Gasteiger partial charge in [-0.05, 0) is 24.3 Å². The zero-order valence-electron chi connectivity index (χ0n) is 19.2. The lowest BCUT2D eigenvalue weighted by Crippen LogP contribution is -2.48. The van der Waals surface area contributed by atoms with Crippen LogP contribution in [0.25, 0.3) is 10.2 Å². The van der Waals surface area contributed by atoms with Gasteiger partial charge in [0.15, 0.2) is 0 Å². The van der Waals surface area contributed by atoms with Gasteiger partial charge in [-0.3, -0.25) is 19.3 Å². The molecular formula is C23H28N8O3S. The SMILES string of the molecule is NCCNC(=O)c1cccc(C(=O)NCCN2CCN(c3ncnc4cc(C(N)=O)sc34)CC2)c1. The number of hydrogen-bond donors (Lipinski definition) is 4. The van der Waals surface area contributed by atoms with Gasteiger partial charge in [-0.1, -0.05) is 6.07 Å². The first-order valence-corrected chi connectivity index (χ1v) is 12.2. The number of nitrogens with zero attached hydrogens (tertiary/aromatic N) is 4. The average molecular weight is 497 g/mol. The van der Waals surface area contributed by atoms with Crippen LogP contribution >= 0.6 is 11.3 Å². The zero-order chi connectivity index (χ0) is 24.8. The van der Waals surface area contributed by atoms with E-state index in [0.717, 1.165) is 42.2 Å². The molecule has 2 aromatic heterocycles. The molecule has 1 saturated heterocycles. The summed E-state index contributed by atoms with van der Waals surface area (Å²) in [6.45, 7) is 5.10. The summed E-state index contributed by atoms with van der Waals surface area (Å²) >= 11 is 1.31. The van der Waals surface area contributed by atoms with Crippen LogP contribution in [0.15, 0.2) is 36.7 Å². The Hall–Kier alpha value is -3.61. The summed E-state index contributed by atoms with van der Waals surface area (Å²) < 4.78 is 0.862. The predicted octanol–water partition coefficient (Wildman–Crippen LogP) is 0.0307.